The van der Waals surface area contributed by atoms with Crippen molar-refractivity contribution in [1.29, 1.82) is 0 Å². The van der Waals surface area contributed by atoms with Gasteiger partial charge in [-0.15, -0.1) is 0 Å². The first-order chi connectivity index (χ1) is 12.9. The summed E-state index contributed by atoms with van der Waals surface area (Å²) >= 11 is 0. The molecule has 0 unspecified atom stereocenters. The first kappa shape index (κ1) is 18.4. The number of hydrogen-bond donors (Lipinski definition) is 2. The predicted octanol–water partition coefficient (Wildman–Crippen LogP) is 5.88. The number of imidazole rings is 1. The molecule has 1 atom stereocenters. The molecule has 0 aliphatic carbocycles. The Morgan fingerprint density at radius 2 is 1.65 bits per heavy atom. The number of nitrogens with one attached hydrogen (secondary N) is 2. The summed E-state index contributed by atoms with van der Waals surface area (Å²) in [4.78, 5) is 8.22. The number of benzene rings is 2. The molecule has 0 spiro atoms. The van der Waals surface area contributed by atoms with Gasteiger partial charge in [0.25, 0.3) is 0 Å². The average molecular weight is 348 g/mol. The summed E-state index contributed by atoms with van der Waals surface area (Å²) in [6.07, 6.45) is 8.14. The lowest BCUT2D eigenvalue weighted by molar-refractivity contribution is 0.453. The molecule has 0 saturated carbocycles. The van der Waals surface area contributed by atoms with E-state index in [0.717, 1.165) is 24.5 Å². The fourth-order valence-corrected chi connectivity index (χ4v) is 3.23. The molecule has 2 aromatic carbocycles. The maximum Gasteiger partial charge on any atom is 0.123 e. The molecule has 0 amide bonds. The quantitative estimate of drug-likeness (QED) is 0.450. The summed E-state index contributed by atoms with van der Waals surface area (Å²) in [6, 6.07) is 21.2. The molecular weight excluding hydrogens is 318 g/mol. The normalized spacial score (nSPS) is 12.2. The van der Waals surface area contributed by atoms with Crippen LogP contribution in [-0.2, 0) is 6.54 Å². The molecule has 0 radical (unpaired) electrons. The van der Waals surface area contributed by atoms with Crippen LogP contribution in [0.5, 0.6) is 0 Å². The van der Waals surface area contributed by atoms with Crippen molar-refractivity contribution in [3.05, 3.63) is 78.2 Å². The zero-order valence-electron chi connectivity index (χ0n) is 15.6. The maximum absolute atomic E-state index is 4.69. The fraction of sp³-hybridized carbons (Fsp3) is 0.348. The first-order valence-electron chi connectivity index (χ1n) is 9.74. The summed E-state index contributed by atoms with van der Waals surface area (Å²) in [7, 11) is 0. The van der Waals surface area contributed by atoms with Gasteiger partial charge in [-0.1, -0.05) is 93.3 Å². The van der Waals surface area contributed by atoms with Gasteiger partial charge in [0, 0.05) is 6.54 Å². The Bertz CT molecular complexity index is 749. The Morgan fingerprint density at radius 1 is 0.923 bits per heavy atom. The van der Waals surface area contributed by atoms with Gasteiger partial charge in [0.05, 0.1) is 17.9 Å². The highest BCUT2D eigenvalue weighted by molar-refractivity contribution is 5.58. The number of H-pyrrole nitrogens is 1. The van der Waals surface area contributed by atoms with Gasteiger partial charge in [0.1, 0.15) is 5.82 Å². The predicted molar refractivity (Wildman–Crippen MR) is 109 cm³/mol. The Balaban J connectivity index is 1.68. The SMILES string of the molecule is CCCCCC[C@H](NCc1ccccc1)c1ncc(-c2ccccc2)[nH]1. The second-order valence-electron chi connectivity index (χ2n) is 6.82. The van der Waals surface area contributed by atoms with Crippen molar-refractivity contribution in [2.45, 2.75) is 51.6 Å². The van der Waals surface area contributed by atoms with Gasteiger partial charge in [-0.2, -0.15) is 0 Å². The van der Waals surface area contributed by atoms with E-state index < -0.39 is 0 Å². The van der Waals surface area contributed by atoms with E-state index in [4.69, 9.17) is 0 Å². The molecular formula is C23H29N3. The van der Waals surface area contributed by atoms with Crippen LogP contribution in [0.4, 0.5) is 0 Å². The highest BCUT2D eigenvalue weighted by Gasteiger charge is 2.15. The number of rotatable bonds is 10. The van der Waals surface area contributed by atoms with Gasteiger partial charge in [-0.3, -0.25) is 0 Å². The van der Waals surface area contributed by atoms with Crippen molar-refractivity contribution in [2.24, 2.45) is 0 Å². The van der Waals surface area contributed by atoms with Crippen LogP contribution in [0.3, 0.4) is 0 Å². The highest BCUT2D eigenvalue weighted by Crippen LogP contribution is 2.23. The Hall–Kier alpha value is -2.39. The zero-order valence-corrected chi connectivity index (χ0v) is 15.6. The number of unbranched alkanes of at least 4 members (excludes halogenated alkanes) is 3. The summed E-state index contributed by atoms with van der Waals surface area (Å²) in [5.74, 6) is 1.04. The van der Waals surface area contributed by atoms with Gasteiger partial charge >= 0.3 is 0 Å². The Labute approximate surface area is 156 Å². The van der Waals surface area contributed by atoms with Crippen LogP contribution in [0.2, 0.25) is 0 Å². The standard InChI is InChI=1S/C23H29N3/c1-2-3-4-11-16-21(24-17-19-12-7-5-8-13-19)23-25-18-22(26-23)20-14-9-6-10-15-20/h5-10,12-15,18,21,24H,2-4,11,16-17H2,1H3,(H,25,26)/t21-/m0/s1. The zero-order chi connectivity index (χ0) is 18.0. The van der Waals surface area contributed by atoms with Crippen LogP contribution in [-0.4, -0.2) is 9.97 Å². The average Bonchev–Trinajstić information content (AvgIpc) is 3.19. The molecule has 26 heavy (non-hydrogen) atoms. The van der Waals surface area contributed by atoms with Crippen molar-refractivity contribution in [3.63, 3.8) is 0 Å². The van der Waals surface area contributed by atoms with Gasteiger partial charge in [-0.25, -0.2) is 4.98 Å². The lowest BCUT2D eigenvalue weighted by Gasteiger charge is -2.17. The topological polar surface area (TPSA) is 40.7 Å². The monoisotopic (exact) mass is 347 g/mol. The molecule has 0 aliphatic heterocycles. The number of aromatic amines is 1. The van der Waals surface area contributed by atoms with Gasteiger partial charge in [0.2, 0.25) is 0 Å². The lowest BCUT2D eigenvalue weighted by Crippen LogP contribution is -2.22. The van der Waals surface area contributed by atoms with E-state index in [1.165, 1.54) is 36.8 Å². The van der Waals surface area contributed by atoms with Crippen LogP contribution < -0.4 is 5.32 Å². The maximum atomic E-state index is 4.69. The van der Waals surface area contributed by atoms with Crippen LogP contribution >= 0.6 is 0 Å². The molecule has 0 fully saturated rings. The third-order valence-electron chi connectivity index (χ3n) is 4.75. The Kier molecular flexibility index (Phi) is 7.03. The minimum atomic E-state index is 0.254. The van der Waals surface area contributed by atoms with Crippen LogP contribution in [0.25, 0.3) is 11.3 Å². The summed E-state index contributed by atoms with van der Waals surface area (Å²) in [5, 5.41) is 3.70. The van der Waals surface area contributed by atoms with E-state index >= 15 is 0 Å². The van der Waals surface area contributed by atoms with E-state index in [-0.39, 0.29) is 6.04 Å². The molecule has 3 rings (SSSR count). The molecule has 1 heterocycles. The van der Waals surface area contributed by atoms with Gasteiger partial charge in [-0.05, 0) is 17.5 Å². The molecule has 1 aromatic heterocycles. The lowest BCUT2D eigenvalue weighted by atomic mass is 10.1. The molecule has 0 aliphatic rings. The van der Waals surface area contributed by atoms with E-state index in [9.17, 15) is 0 Å². The number of nitrogens with zero attached hydrogens (tertiary/aromatic N) is 1. The second kappa shape index (κ2) is 9.93. The van der Waals surface area contributed by atoms with E-state index in [1.54, 1.807) is 0 Å². The van der Waals surface area contributed by atoms with Crippen molar-refractivity contribution < 1.29 is 0 Å². The summed E-state index contributed by atoms with van der Waals surface area (Å²) in [5.41, 5.74) is 3.57. The summed E-state index contributed by atoms with van der Waals surface area (Å²) < 4.78 is 0. The smallest absolute Gasteiger partial charge is 0.123 e. The molecule has 136 valence electrons. The molecule has 3 aromatic rings. The third-order valence-corrected chi connectivity index (χ3v) is 4.75. The van der Waals surface area contributed by atoms with E-state index in [2.05, 4.69) is 76.8 Å². The largest absolute Gasteiger partial charge is 0.341 e. The minimum Gasteiger partial charge on any atom is -0.341 e. The molecule has 3 nitrogen and oxygen atoms in total. The Morgan fingerprint density at radius 3 is 2.38 bits per heavy atom. The van der Waals surface area contributed by atoms with Gasteiger partial charge < -0.3 is 10.3 Å². The van der Waals surface area contributed by atoms with Crippen LogP contribution in [0, 0.1) is 0 Å². The van der Waals surface area contributed by atoms with Crippen molar-refractivity contribution in [2.75, 3.05) is 0 Å². The fourth-order valence-electron chi connectivity index (χ4n) is 3.23. The number of hydrogen-bond acceptors (Lipinski definition) is 2. The molecule has 0 saturated heterocycles. The van der Waals surface area contributed by atoms with Crippen molar-refractivity contribution >= 4 is 0 Å². The van der Waals surface area contributed by atoms with Crippen LogP contribution in [0.15, 0.2) is 66.9 Å². The van der Waals surface area contributed by atoms with Crippen molar-refractivity contribution in [1.82, 2.24) is 15.3 Å². The second-order valence-corrected chi connectivity index (χ2v) is 6.82. The molecule has 3 heteroatoms. The minimum absolute atomic E-state index is 0.254. The molecule has 0 bridgehead atoms. The van der Waals surface area contributed by atoms with Crippen molar-refractivity contribution in [3.8, 4) is 11.3 Å². The first-order valence-corrected chi connectivity index (χ1v) is 9.74. The third kappa shape index (κ3) is 5.30. The van der Waals surface area contributed by atoms with Gasteiger partial charge in [0.15, 0.2) is 0 Å². The van der Waals surface area contributed by atoms with Crippen LogP contribution in [0.1, 0.15) is 56.5 Å². The highest BCUT2D eigenvalue weighted by atomic mass is 15.0. The van der Waals surface area contributed by atoms with E-state index in [0.29, 0.717) is 0 Å². The van der Waals surface area contributed by atoms with E-state index in [1.807, 2.05) is 12.3 Å². The number of aromatic nitrogens is 2. The molecule has 2 N–H and O–H groups in total. The summed E-state index contributed by atoms with van der Waals surface area (Å²) in [6.45, 7) is 3.12.